The molecule has 2 heterocycles. The summed E-state index contributed by atoms with van der Waals surface area (Å²) in [6.07, 6.45) is 12.0. The molecule has 0 spiro atoms. The fourth-order valence-electron chi connectivity index (χ4n) is 4.56. The van der Waals surface area contributed by atoms with Crippen LogP contribution in [0.1, 0.15) is 55.5 Å². The van der Waals surface area contributed by atoms with Gasteiger partial charge in [0.1, 0.15) is 16.9 Å². The van der Waals surface area contributed by atoms with Crippen LogP contribution in [0.3, 0.4) is 0 Å². The van der Waals surface area contributed by atoms with Crippen LogP contribution in [0, 0.1) is 0 Å². The van der Waals surface area contributed by atoms with Crippen LogP contribution in [0.25, 0.3) is 10.6 Å². The number of thiazole rings is 1. The molecule has 1 aliphatic heterocycles. The number of fused-ring (bicyclic) bond motifs is 1. The van der Waals surface area contributed by atoms with Gasteiger partial charge in [0.25, 0.3) is 0 Å². The van der Waals surface area contributed by atoms with Crippen LogP contribution in [-0.4, -0.2) is 35.1 Å². The van der Waals surface area contributed by atoms with E-state index in [0.29, 0.717) is 6.10 Å². The number of rotatable bonds is 4. The Bertz CT molecular complexity index is 719. The lowest BCUT2D eigenvalue weighted by Gasteiger charge is -2.44. The van der Waals surface area contributed by atoms with Crippen LogP contribution in [0.5, 0.6) is 5.75 Å². The monoisotopic (exact) mass is 368 g/mol. The van der Waals surface area contributed by atoms with Crippen molar-refractivity contribution in [2.45, 2.75) is 69.9 Å². The molecule has 0 N–H and O–H groups in total. The number of piperidine rings is 1. The summed E-state index contributed by atoms with van der Waals surface area (Å²) in [5.74, 6) is 1.01. The zero-order valence-electron chi connectivity index (χ0n) is 15.5. The molecule has 2 aliphatic carbocycles. The highest BCUT2D eigenvalue weighted by molar-refractivity contribution is 7.15. The zero-order valence-corrected chi connectivity index (χ0v) is 16.3. The minimum atomic E-state index is 0.403. The summed E-state index contributed by atoms with van der Waals surface area (Å²) < 4.78 is 6.20. The third-order valence-electron chi connectivity index (χ3n) is 6.23. The van der Waals surface area contributed by atoms with Crippen LogP contribution in [-0.2, 0) is 12.8 Å². The molecular weight excluding hydrogens is 340 g/mol. The second-order valence-electron chi connectivity index (χ2n) is 8.08. The Hall–Kier alpha value is -1.39. The van der Waals surface area contributed by atoms with E-state index < -0.39 is 0 Å². The standard InChI is InChI=1S/C22H28N2OS/c1-4-12-24(13-5-1)17-14-19(15-17)25-18-10-8-16(9-11-18)22-23-20-6-2-3-7-21(20)26-22/h8-11,17,19H,1-7,12-15H2. The first-order chi connectivity index (χ1) is 12.8. The molecule has 138 valence electrons. The van der Waals surface area contributed by atoms with Gasteiger partial charge in [0.15, 0.2) is 0 Å². The average molecular weight is 369 g/mol. The number of nitrogens with zero attached hydrogens (tertiary/aromatic N) is 2. The van der Waals surface area contributed by atoms with Crippen LogP contribution in [0.2, 0.25) is 0 Å². The molecule has 26 heavy (non-hydrogen) atoms. The van der Waals surface area contributed by atoms with Gasteiger partial charge in [0, 0.05) is 29.3 Å². The summed E-state index contributed by atoms with van der Waals surface area (Å²) in [4.78, 5) is 9.05. The molecule has 3 aliphatic rings. The predicted octanol–water partition coefficient (Wildman–Crippen LogP) is 5.08. The highest BCUT2D eigenvalue weighted by Gasteiger charge is 2.35. The van der Waals surface area contributed by atoms with E-state index in [-0.39, 0.29) is 0 Å². The summed E-state index contributed by atoms with van der Waals surface area (Å²) >= 11 is 1.88. The second-order valence-corrected chi connectivity index (χ2v) is 9.17. The van der Waals surface area contributed by atoms with Crippen LogP contribution in [0.15, 0.2) is 24.3 Å². The molecule has 5 rings (SSSR count). The molecule has 1 aromatic carbocycles. The van der Waals surface area contributed by atoms with Crippen molar-refractivity contribution in [3.05, 3.63) is 34.8 Å². The Morgan fingerprint density at radius 3 is 2.46 bits per heavy atom. The smallest absolute Gasteiger partial charge is 0.123 e. The van der Waals surface area contributed by atoms with Crippen molar-refractivity contribution in [3.63, 3.8) is 0 Å². The molecule has 1 saturated carbocycles. The minimum Gasteiger partial charge on any atom is -0.490 e. The lowest BCUT2D eigenvalue weighted by atomic mass is 9.86. The maximum Gasteiger partial charge on any atom is 0.123 e. The van der Waals surface area contributed by atoms with E-state index >= 15 is 0 Å². The lowest BCUT2D eigenvalue weighted by molar-refractivity contribution is 0.00893. The summed E-state index contributed by atoms with van der Waals surface area (Å²) in [7, 11) is 0. The van der Waals surface area contributed by atoms with Crippen molar-refractivity contribution < 1.29 is 4.74 Å². The van der Waals surface area contributed by atoms with Crippen molar-refractivity contribution in [2.24, 2.45) is 0 Å². The van der Waals surface area contributed by atoms with Gasteiger partial charge in [0.2, 0.25) is 0 Å². The molecule has 3 nitrogen and oxygen atoms in total. The maximum absolute atomic E-state index is 6.20. The quantitative estimate of drug-likeness (QED) is 0.752. The number of hydrogen-bond acceptors (Lipinski definition) is 4. The number of likely N-dealkylation sites (tertiary alicyclic amines) is 1. The van der Waals surface area contributed by atoms with Gasteiger partial charge >= 0.3 is 0 Å². The third kappa shape index (κ3) is 3.41. The van der Waals surface area contributed by atoms with Gasteiger partial charge in [-0.2, -0.15) is 0 Å². The van der Waals surface area contributed by atoms with Gasteiger partial charge < -0.3 is 9.64 Å². The van der Waals surface area contributed by atoms with E-state index in [4.69, 9.17) is 9.72 Å². The Morgan fingerprint density at radius 2 is 1.69 bits per heavy atom. The van der Waals surface area contributed by atoms with E-state index in [1.807, 2.05) is 11.3 Å². The van der Waals surface area contributed by atoms with E-state index in [9.17, 15) is 0 Å². The average Bonchev–Trinajstić information content (AvgIpc) is 3.10. The minimum absolute atomic E-state index is 0.403. The molecule has 4 heteroatoms. The van der Waals surface area contributed by atoms with E-state index in [0.717, 1.165) is 18.2 Å². The van der Waals surface area contributed by atoms with Crippen molar-refractivity contribution in [1.82, 2.24) is 9.88 Å². The van der Waals surface area contributed by atoms with Gasteiger partial charge in [0.05, 0.1) is 5.69 Å². The van der Waals surface area contributed by atoms with Gasteiger partial charge in [-0.15, -0.1) is 11.3 Å². The van der Waals surface area contributed by atoms with Crippen LogP contribution >= 0.6 is 11.3 Å². The Labute approximate surface area is 160 Å². The van der Waals surface area contributed by atoms with Crippen molar-refractivity contribution >= 4 is 11.3 Å². The largest absolute Gasteiger partial charge is 0.490 e. The highest BCUT2D eigenvalue weighted by atomic mass is 32.1. The topological polar surface area (TPSA) is 25.4 Å². The molecule has 1 aromatic heterocycles. The predicted molar refractivity (Wildman–Crippen MR) is 107 cm³/mol. The molecule has 2 fully saturated rings. The first kappa shape index (κ1) is 16.8. The molecule has 1 saturated heterocycles. The number of ether oxygens (including phenoxy) is 1. The SMILES string of the molecule is c1cc(-c2nc3c(s2)CCCC3)ccc1OC1CC(N2CCCCC2)C1. The number of aromatic nitrogens is 1. The van der Waals surface area contributed by atoms with Crippen molar-refractivity contribution in [1.29, 1.82) is 0 Å². The molecule has 0 bridgehead atoms. The number of hydrogen-bond donors (Lipinski definition) is 0. The van der Waals surface area contributed by atoms with E-state index in [2.05, 4.69) is 29.2 Å². The first-order valence-corrected chi connectivity index (χ1v) is 11.2. The molecule has 0 unspecified atom stereocenters. The molecule has 0 radical (unpaired) electrons. The normalized spacial score (nSPS) is 26.2. The molecule has 2 aromatic rings. The van der Waals surface area contributed by atoms with Gasteiger partial charge in [-0.1, -0.05) is 6.42 Å². The van der Waals surface area contributed by atoms with Gasteiger partial charge in [-0.3, -0.25) is 0 Å². The fourth-order valence-corrected chi connectivity index (χ4v) is 5.71. The highest BCUT2D eigenvalue weighted by Crippen LogP contribution is 2.35. The zero-order chi connectivity index (χ0) is 17.3. The molecule has 0 atom stereocenters. The lowest BCUT2D eigenvalue weighted by Crippen LogP contribution is -2.50. The summed E-state index contributed by atoms with van der Waals surface area (Å²) in [5.41, 5.74) is 2.58. The van der Waals surface area contributed by atoms with Gasteiger partial charge in [-0.25, -0.2) is 4.98 Å². The summed E-state index contributed by atoms with van der Waals surface area (Å²) in [5, 5.41) is 1.18. The van der Waals surface area contributed by atoms with Crippen molar-refractivity contribution in [2.75, 3.05) is 13.1 Å². The fraction of sp³-hybridized carbons (Fsp3) is 0.591. The number of benzene rings is 1. The number of aryl methyl sites for hydroxylation is 2. The summed E-state index contributed by atoms with van der Waals surface area (Å²) in [6.45, 7) is 2.59. The van der Waals surface area contributed by atoms with E-state index in [1.165, 1.54) is 85.6 Å². The Morgan fingerprint density at radius 1 is 0.923 bits per heavy atom. The Kier molecular flexibility index (Phi) is 4.72. The van der Waals surface area contributed by atoms with Gasteiger partial charge in [-0.05, 0) is 75.9 Å². The van der Waals surface area contributed by atoms with E-state index in [1.54, 1.807) is 0 Å². The first-order valence-electron chi connectivity index (χ1n) is 10.3. The molecule has 0 amide bonds. The third-order valence-corrected chi connectivity index (χ3v) is 7.43. The maximum atomic E-state index is 6.20. The van der Waals surface area contributed by atoms with Crippen LogP contribution in [0.4, 0.5) is 0 Å². The second kappa shape index (κ2) is 7.32. The molecular formula is C22H28N2OS. The van der Waals surface area contributed by atoms with Crippen LogP contribution < -0.4 is 4.74 Å². The Balaban J connectivity index is 1.18. The van der Waals surface area contributed by atoms with Crippen molar-refractivity contribution in [3.8, 4) is 16.3 Å². The summed E-state index contributed by atoms with van der Waals surface area (Å²) in [6, 6.07) is 9.38.